The number of hydrogen-bond donors (Lipinski definition) is 1. The highest BCUT2D eigenvalue weighted by Crippen LogP contribution is 2.58. The van der Waals surface area contributed by atoms with Crippen molar-refractivity contribution < 1.29 is 19.4 Å². The Bertz CT molecular complexity index is 457. The van der Waals surface area contributed by atoms with Crippen LogP contribution in [0.3, 0.4) is 0 Å². The van der Waals surface area contributed by atoms with E-state index >= 15 is 0 Å². The first-order chi connectivity index (χ1) is 12.2. The highest BCUT2D eigenvalue weighted by atomic mass is 16.5. The van der Waals surface area contributed by atoms with Crippen LogP contribution in [0.5, 0.6) is 0 Å². The Labute approximate surface area is 160 Å². The van der Waals surface area contributed by atoms with Gasteiger partial charge in [0.2, 0.25) is 0 Å². The molecular formula is C22H40O4. The molecule has 1 rings (SSSR count). The third-order valence-electron chi connectivity index (χ3n) is 7.14. The second-order valence-electron chi connectivity index (χ2n) is 8.89. The number of ketones is 1. The van der Waals surface area contributed by atoms with Gasteiger partial charge in [-0.2, -0.15) is 0 Å². The van der Waals surface area contributed by atoms with E-state index in [1.54, 1.807) is 0 Å². The molecule has 0 amide bonds. The molecule has 2 unspecified atom stereocenters. The van der Waals surface area contributed by atoms with E-state index < -0.39 is 0 Å². The quantitative estimate of drug-likeness (QED) is 0.386. The van der Waals surface area contributed by atoms with Gasteiger partial charge in [0.1, 0.15) is 11.9 Å². The molecule has 1 aliphatic carbocycles. The van der Waals surface area contributed by atoms with Gasteiger partial charge in [-0.25, -0.2) is 0 Å². The second kappa shape index (κ2) is 10.4. The van der Waals surface area contributed by atoms with Crippen molar-refractivity contribution in [2.24, 2.45) is 16.7 Å². The number of esters is 1. The number of ether oxygens (including phenoxy) is 1. The maximum absolute atomic E-state index is 12.2. The van der Waals surface area contributed by atoms with E-state index in [2.05, 4.69) is 34.6 Å². The van der Waals surface area contributed by atoms with Crippen LogP contribution in [0.1, 0.15) is 98.8 Å². The molecule has 26 heavy (non-hydrogen) atoms. The van der Waals surface area contributed by atoms with E-state index in [0.717, 1.165) is 38.5 Å². The van der Waals surface area contributed by atoms with E-state index in [1.807, 2.05) is 0 Å². The lowest BCUT2D eigenvalue weighted by atomic mass is 9.64. The van der Waals surface area contributed by atoms with E-state index in [0.29, 0.717) is 31.6 Å². The summed E-state index contributed by atoms with van der Waals surface area (Å²) in [4.78, 5) is 24.1. The van der Waals surface area contributed by atoms with E-state index in [-0.39, 0.29) is 35.3 Å². The summed E-state index contributed by atoms with van der Waals surface area (Å²) < 4.78 is 5.83. The number of carbonyl (C=O) groups excluding carboxylic acids is 2. The SMILES string of the molecule is CCC1(C)C(C)C[C@@H](OC(=O)CCCC(=O)CCCCCCO)C1(C)C. The molecule has 0 spiro atoms. The van der Waals surface area contributed by atoms with Crippen molar-refractivity contribution in [3.05, 3.63) is 0 Å². The monoisotopic (exact) mass is 368 g/mol. The molecule has 0 aromatic heterocycles. The van der Waals surface area contributed by atoms with Crippen LogP contribution in [0.15, 0.2) is 0 Å². The second-order valence-corrected chi connectivity index (χ2v) is 8.89. The summed E-state index contributed by atoms with van der Waals surface area (Å²) in [6.07, 6.45) is 7.61. The molecule has 0 aromatic carbocycles. The fourth-order valence-electron chi connectivity index (χ4n) is 4.44. The minimum atomic E-state index is -0.161. The predicted molar refractivity (Wildman–Crippen MR) is 105 cm³/mol. The highest BCUT2D eigenvalue weighted by Gasteiger charge is 2.56. The Morgan fingerprint density at radius 1 is 1.00 bits per heavy atom. The van der Waals surface area contributed by atoms with Crippen LogP contribution in [0.4, 0.5) is 0 Å². The van der Waals surface area contributed by atoms with Gasteiger partial charge in [-0.1, -0.05) is 47.5 Å². The number of hydrogen-bond acceptors (Lipinski definition) is 4. The minimum absolute atomic E-state index is 0.0266. The van der Waals surface area contributed by atoms with Crippen molar-refractivity contribution >= 4 is 11.8 Å². The summed E-state index contributed by atoms with van der Waals surface area (Å²) in [5.41, 5.74) is 0.158. The largest absolute Gasteiger partial charge is 0.462 e. The van der Waals surface area contributed by atoms with Crippen molar-refractivity contribution in [1.29, 1.82) is 0 Å². The van der Waals surface area contributed by atoms with Crippen LogP contribution in [-0.4, -0.2) is 29.6 Å². The Hall–Kier alpha value is -0.900. The molecule has 0 aromatic rings. The lowest BCUT2D eigenvalue weighted by molar-refractivity contribution is -0.156. The lowest BCUT2D eigenvalue weighted by Crippen LogP contribution is -2.40. The van der Waals surface area contributed by atoms with Gasteiger partial charge >= 0.3 is 5.97 Å². The molecule has 0 aliphatic heterocycles. The van der Waals surface area contributed by atoms with E-state index in [4.69, 9.17) is 9.84 Å². The van der Waals surface area contributed by atoms with Gasteiger partial charge in [0.25, 0.3) is 0 Å². The molecule has 1 N–H and O–H groups in total. The zero-order valence-electron chi connectivity index (χ0n) is 17.6. The minimum Gasteiger partial charge on any atom is -0.462 e. The molecule has 1 fully saturated rings. The predicted octanol–water partition coefficient (Wildman–Crippen LogP) is 5.06. The van der Waals surface area contributed by atoms with Gasteiger partial charge < -0.3 is 9.84 Å². The van der Waals surface area contributed by atoms with Crippen LogP contribution in [0.2, 0.25) is 0 Å². The molecular weight excluding hydrogens is 328 g/mol. The molecule has 0 radical (unpaired) electrons. The number of unbranched alkanes of at least 4 members (excludes halogenated alkanes) is 3. The third kappa shape index (κ3) is 5.80. The normalized spacial score (nSPS) is 27.5. The van der Waals surface area contributed by atoms with Crippen LogP contribution < -0.4 is 0 Å². The zero-order valence-corrected chi connectivity index (χ0v) is 17.6. The summed E-state index contributed by atoms with van der Waals surface area (Å²) >= 11 is 0. The smallest absolute Gasteiger partial charge is 0.306 e. The number of aliphatic hydroxyl groups is 1. The lowest BCUT2D eigenvalue weighted by Gasteiger charge is -2.42. The standard InChI is InChI=1S/C22H40O4/c1-6-22(5)17(2)16-19(21(22,3)4)26-20(25)14-11-13-18(24)12-9-7-8-10-15-23/h17,19,23H,6-16H2,1-5H3/t17?,19-,22?/m1/s1. The molecule has 0 saturated heterocycles. The van der Waals surface area contributed by atoms with Crippen LogP contribution in [0.25, 0.3) is 0 Å². The first kappa shape index (κ1) is 23.1. The molecule has 3 atom stereocenters. The Kier molecular flexibility index (Phi) is 9.29. The Balaban J connectivity index is 2.30. The van der Waals surface area contributed by atoms with Crippen molar-refractivity contribution in [3.63, 3.8) is 0 Å². The maximum atomic E-state index is 12.2. The molecule has 1 saturated carbocycles. The molecule has 4 nitrogen and oxygen atoms in total. The van der Waals surface area contributed by atoms with Crippen LogP contribution >= 0.6 is 0 Å². The van der Waals surface area contributed by atoms with Crippen molar-refractivity contribution in [2.45, 2.75) is 105 Å². The van der Waals surface area contributed by atoms with E-state index in [1.165, 1.54) is 0 Å². The van der Waals surface area contributed by atoms with Gasteiger partial charge in [0.05, 0.1) is 0 Å². The third-order valence-corrected chi connectivity index (χ3v) is 7.14. The first-order valence-corrected chi connectivity index (χ1v) is 10.5. The summed E-state index contributed by atoms with van der Waals surface area (Å²) in [6, 6.07) is 0. The van der Waals surface area contributed by atoms with Crippen molar-refractivity contribution in [3.8, 4) is 0 Å². The van der Waals surface area contributed by atoms with Crippen molar-refractivity contribution in [2.75, 3.05) is 6.61 Å². The molecule has 152 valence electrons. The molecule has 0 bridgehead atoms. The van der Waals surface area contributed by atoms with Crippen molar-refractivity contribution in [1.82, 2.24) is 0 Å². The Morgan fingerprint density at radius 3 is 2.19 bits per heavy atom. The topological polar surface area (TPSA) is 63.6 Å². The average molecular weight is 369 g/mol. The van der Waals surface area contributed by atoms with Gasteiger partial charge in [-0.05, 0) is 43.4 Å². The highest BCUT2D eigenvalue weighted by molar-refractivity contribution is 5.79. The average Bonchev–Trinajstić information content (AvgIpc) is 2.75. The van der Waals surface area contributed by atoms with Crippen LogP contribution in [-0.2, 0) is 14.3 Å². The number of rotatable bonds is 12. The van der Waals surface area contributed by atoms with E-state index in [9.17, 15) is 9.59 Å². The van der Waals surface area contributed by atoms with Gasteiger partial charge in [0.15, 0.2) is 0 Å². The van der Waals surface area contributed by atoms with Gasteiger partial charge in [-0.15, -0.1) is 0 Å². The Morgan fingerprint density at radius 2 is 1.62 bits per heavy atom. The van der Waals surface area contributed by atoms with Crippen LogP contribution in [0, 0.1) is 16.7 Å². The summed E-state index contributed by atoms with van der Waals surface area (Å²) in [5, 5.41) is 8.72. The summed E-state index contributed by atoms with van der Waals surface area (Å²) in [5.74, 6) is 0.606. The number of carbonyl (C=O) groups is 2. The van der Waals surface area contributed by atoms with Gasteiger partial charge in [0, 0.05) is 31.3 Å². The molecule has 1 aliphatic rings. The summed E-state index contributed by atoms with van der Waals surface area (Å²) in [6.45, 7) is 11.5. The summed E-state index contributed by atoms with van der Waals surface area (Å²) in [7, 11) is 0. The fourth-order valence-corrected chi connectivity index (χ4v) is 4.44. The number of Topliss-reactive ketones (excluding diaryl/α,β-unsaturated/α-hetero) is 1. The molecule has 4 heteroatoms. The maximum Gasteiger partial charge on any atom is 0.306 e. The first-order valence-electron chi connectivity index (χ1n) is 10.5. The fraction of sp³-hybridized carbons (Fsp3) is 0.909. The molecule has 0 heterocycles. The number of aliphatic hydroxyl groups excluding tert-OH is 1. The zero-order chi connectivity index (χ0) is 19.8. The van der Waals surface area contributed by atoms with Gasteiger partial charge in [-0.3, -0.25) is 9.59 Å².